The predicted molar refractivity (Wildman–Crippen MR) is 75.5 cm³/mol. The molecule has 1 saturated heterocycles. The third-order valence-corrected chi connectivity index (χ3v) is 3.62. The summed E-state index contributed by atoms with van der Waals surface area (Å²) in [5, 5.41) is 6.38. The van der Waals surface area contributed by atoms with Gasteiger partial charge in [0.25, 0.3) is 5.91 Å². The third-order valence-electron chi connectivity index (χ3n) is 3.62. The van der Waals surface area contributed by atoms with E-state index >= 15 is 0 Å². The van der Waals surface area contributed by atoms with Gasteiger partial charge in [-0.2, -0.15) is 0 Å². The fourth-order valence-electron chi connectivity index (χ4n) is 2.56. The van der Waals surface area contributed by atoms with Gasteiger partial charge in [-0.3, -0.25) is 4.79 Å². The fraction of sp³-hybridized carbons (Fsp3) is 0.500. The zero-order valence-corrected chi connectivity index (χ0v) is 11.6. The minimum absolute atomic E-state index is 0. The van der Waals surface area contributed by atoms with Crippen LogP contribution in [0.4, 0.5) is 0 Å². The second-order valence-electron chi connectivity index (χ2n) is 4.99. The number of piperidine rings is 1. The van der Waals surface area contributed by atoms with E-state index in [2.05, 4.69) is 10.6 Å². The van der Waals surface area contributed by atoms with Crippen LogP contribution in [0.2, 0.25) is 0 Å². The van der Waals surface area contributed by atoms with E-state index in [1.165, 1.54) is 5.56 Å². The molecule has 1 fully saturated rings. The number of hydrogen-bond acceptors (Lipinski definition) is 3. The SMILES string of the molecule is Cl.O=C(N[C@@H]1CCCNC1)c1ccc2c(c1)COC2. The lowest BCUT2D eigenvalue weighted by atomic mass is 10.0. The zero-order valence-electron chi connectivity index (χ0n) is 10.8. The third kappa shape index (κ3) is 3.26. The van der Waals surface area contributed by atoms with Crippen molar-refractivity contribution in [1.29, 1.82) is 0 Å². The van der Waals surface area contributed by atoms with Gasteiger partial charge in [0.2, 0.25) is 0 Å². The van der Waals surface area contributed by atoms with E-state index < -0.39 is 0 Å². The van der Waals surface area contributed by atoms with E-state index in [-0.39, 0.29) is 24.4 Å². The molecule has 2 aliphatic rings. The van der Waals surface area contributed by atoms with Crippen molar-refractivity contribution in [2.45, 2.75) is 32.1 Å². The van der Waals surface area contributed by atoms with Crippen LogP contribution < -0.4 is 10.6 Å². The number of nitrogens with one attached hydrogen (secondary N) is 2. The Morgan fingerprint density at radius 1 is 1.32 bits per heavy atom. The van der Waals surface area contributed by atoms with Crippen molar-refractivity contribution < 1.29 is 9.53 Å². The van der Waals surface area contributed by atoms with Crippen molar-refractivity contribution in [3.8, 4) is 0 Å². The highest BCUT2D eigenvalue weighted by atomic mass is 35.5. The summed E-state index contributed by atoms with van der Waals surface area (Å²) in [6, 6.07) is 6.10. The fourth-order valence-corrected chi connectivity index (χ4v) is 2.56. The molecule has 0 radical (unpaired) electrons. The standard InChI is InChI=1S/C14H18N2O2.ClH/c17-14(16-13-2-1-5-15-7-13)10-3-4-11-8-18-9-12(11)6-10;/h3-4,6,13,15H,1-2,5,7-9H2,(H,16,17);1H/t13-;/m1./s1. The van der Waals surface area contributed by atoms with Crippen molar-refractivity contribution in [2.24, 2.45) is 0 Å². The van der Waals surface area contributed by atoms with Gasteiger partial charge in [0, 0.05) is 18.2 Å². The lowest BCUT2D eigenvalue weighted by Crippen LogP contribution is -2.45. The molecule has 0 saturated carbocycles. The molecule has 2 heterocycles. The van der Waals surface area contributed by atoms with Crippen molar-refractivity contribution in [3.63, 3.8) is 0 Å². The second kappa shape index (κ2) is 6.37. The van der Waals surface area contributed by atoms with E-state index in [1.54, 1.807) is 0 Å². The normalized spacial score (nSPS) is 21.4. The van der Waals surface area contributed by atoms with E-state index in [1.807, 2.05) is 18.2 Å². The van der Waals surface area contributed by atoms with Crippen LogP contribution >= 0.6 is 12.4 Å². The highest BCUT2D eigenvalue weighted by Gasteiger charge is 2.18. The molecular formula is C14H19ClN2O2. The monoisotopic (exact) mass is 282 g/mol. The molecule has 1 aromatic rings. The molecule has 2 N–H and O–H groups in total. The number of carbonyl (C=O) groups is 1. The molecule has 0 aliphatic carbocycles. The van der Waals surface area contributed by atoms with Gasteiger partial charge in [-0.1, -0.05) is 6.07 Å². The molecule has 3 rings (SSSR count). The minimum Gasteiger partial charge on any atom is -0.372 e. The first-order chi connectivity index (χ1) is 8.83. The van der Waals surface area contributed by atoms with Crippen LogP contribution in [0.3, 0.4) is 0 Å². The van der Waals surface area contributed by atoms with Crippen molar-refractivity contribution >= 4 is 18.3 Å². The van der Waals surface area contributed by atoms with Gasteiger partial charge < -0.3 is 15.4 Å². The molecule has 0 aromatic heterocycles. The Labute approximate surface area is 119 Å². The van der Waals surface area contributed by atoms with E-state index in [0.29, 0.717) is 13.2 Å². The molecule has 2 aliphatic heterocycles. The molecule has 0 bridgehead atoms. The Morgan fingerprint density at radius 3 is 2.95 bits per heavy atom. The lowest BCUT2D eigenvalue weighted by molar-refractivity contribution is 0.0930. The summed E-state index contributed by atoms with van der Waals surface area (Å²) < 4.78 is 5.36. The first-order valence-corrected chi connectivity index (χ1v) is 6.54. The second-order valence-corrected chi connectivity index (χ2v) is 4.99. The Balaban J connectivity index is 0.00000133. The highest BCUT2D eigenvalue weighted by molar-refractivity contribution is 5.94. The number of ether oxygens (including phenoxy) is 1. The Morgan fingerprint density at radius 2 is 2.16 bits per heavy atom. The number of hydrogen-bond donors (Lipinski definition) is 2. The summed E-state index contributed by atoms with van der Waals surface area (Å²) in [7, 11) is 0. The summed E-state index contributed by atoms with van der Waals surface area (Å²) in [6.07, 6.45) is 2.19. The largest absolute Gasteiger partial charge is 0.372 e. The van der Waals surface area contributed by atoms with Crippen LogP contribution in [0, 0.1) is 0 Å². The summed E-state index contributed by atoms with van der Waals surface area (Å²) in [5.74, 6) is 0.0263. The Hall–Kier alpha value is -1.10. The van der Waals surface area contributed by atoms with Crippen LogP contribution in [-0.2, 0) is 18.0 Å². The topological polar surface area (TPSA) is 50.4 Å². The maximum absolute atomic E-state index is 12.1. The minimum atomic E-state index is 0. The van der Waals surface area contributed by atoms with Crippen LogP contribution in [0.5, 0.6) is 0 Å². The molecule has 1 atom stereocenters. The summed E-state index contributed by atoms with van der Waals surface area (Å²) in [5.41, 5.74) is 3.08. The van der Waals surface area contributed by atoms with Gasteiger partial charge in [0.15, 0.2) is 0 Å². The number of rotatable bonds is 2. The van der Waals surface area contributed by atoms with Crippen molar-refractivity contribution in [3.05, 3.63) is 34.9 Å². The zero-order chi connectivity index (χ0) is 12.4. The van der Waals surface area contributed by atoms with Gasteiger partial charge in [-0.05, 0) is 42.6 Å². The number of amides is 1. The van der Waals surface area contributed by atoms with Crippen LogP contribution in [0.25, 0.3) is 0 Å². The molecule has 5 heteroatoms. The molecule has 0 spiro atoms. The predicted octanol–water partition coefficient (Wildman–Crippen LogP) is 1.62. The summed E-state index contributed by atoms with van der Waals surface area (Å²) >= 11 is 0. The molecule has 1 aromatic carbocycles. The highest BCUT2D eigenvalue weighted by Crippen LogP contribution is 2.20. The smallest absolute Gasteiger partial charge is 0.251 e. The van der Waals surface area contributed by atoms with Crippen LogP contribution in [0.15, 0.2) is 18.2 Å². The van der Waals surface area contributed by atoms with Gasteiger partial charge >= 0.3 is 0 Å². The molecule has 0 unspecified atom stereocenters. The number of halogens is 1. The Bertz CT molecular complexity index is 459. The first-order valence-electron chi connectivity index (χ1n) is 6.54. The van der Waals surface area contributed by atoms with E-state index in [9.17, 15) is 4.79 Å². The summed E-state index contributed by atoms with van der Waals surface area (Å²) in [4.78, 5) is 12.1. The van der Waals surface area contributed by atoms with Crippen LogP contribution in [0.1, 0.15) is 34.3 Å². The summed E-state index contributed by atoms with van der Waals surface area (Å²) in [6.45, 7) is 3.23. The van der Waals surface area contributed by atoms with Gasteiger partial charge in [0.05, 0.1) is 13.2 Å². The lowest BCUT2D eigenvalue weighted by Gasteiger charge is -2.23. The Kier molecular flexibility index (Phi) is 4.80. The van der Waals surface area contributed by atoms with Gasteiger partial charge in [0.1, 0.15) is 0 Å². The first kappa shape index (κ1) is 14.3. The molecule has 104 valence electrons. The van der Waals surface area contributed by atoms with Gasteiger partial charge in [-0.25, -0.2) is 0 Å². The molecule has 1 amide bonds. The average molecular weight is 283 g/mol. The van der Waals surface area contributed by atoms with Gasteiger partial charge in [-0.15, -0.1) is 12.4 Å². The van der Waals surface area contributed by atoms with Crippen LogP contribution in [-0.4, -0.2) is 25.0 Å². The molecule has 4 nitrogen and oxygen atoms in total. The maximum Gasteiger partial charge on any atom is 0.251 e. The molecular weight excluding hydrogens is 264 g/mol. The average Bonchev–Trinajstić information content (AvgIpc) is 2.87. The number of fused-ring (bicyclic) bond motifs is 1. The maximum atomic E-state index is 12.1. The van der Waals surface area contributed by atoms with E-state index in [0.717, 1.165) is 37.1 Å². The molecule has 19 heavy (non-hydrogen) atoms. The number of carbonyl (C=O) groups excluding carboxylic acids is 1. The van der Waals surface area contributed by atoms with E-state index in [4.69, 9.17) is 4.74 Å². The number of benzene rings is 1. The van der Waals surface area contributed by atoms with Crippen molar-refractivity contribution in [1.82, 2.24) is 10.6 Å². The quantitative estimate of drug-likeness (QED) is 0.867. The van der Waals surface area contributed by atoms with Crippen molar-refractivity contribution in [2.75, 3.05) is 13.1 Å².